The number of hydrogen-bond acceptors (Lipinski definition) is 2. The molecule has 0 saturated heterocycles. The first-order valence-electron chi connectivity index (χ1n) is 6.30. The highest BCUT2D eigenvalue weighted by Gasteiger charge is 2.08. The molecule has 0 unspecified atom stereocenters. The molecule has 0 saturated carbocycles. The van der Waals surface area contributed by atoms with E-state index in [1.165, 1.54) is 6.07 Å². The van der Waals surface area contributed by atoms with Crippen LogP contribution >= 0.6 is 0 Å². The Morgan fingerprint density at radius 3 is 2.60 bits per heavy atom. The van der Waals surface area contributed by atoms with Crippen molar-refractivity contribution in [1.82, 2.24) is 4.90 Å². The zero-order valence-electron chi connectivity index (χ0n) is 11.2. The van der Waals surface area contributed by atoms with Crippen LogP contribution < -0.4 is 0 Å². The molecule has 0 radical (unpaired) electrons. The van der Waals surface area contributed by atoms with Crippen LogP contribution in [0.15, 0.2) is 48.5 Å². The van der Waals surface area contributed by atoms with Gasteiger partial charge in [-0.3, -0.25) is 4.90 Å². The van der Waals surface area contributed by atoms with Crippen molar-refractivity contribution < 1.29 is 14.3 Å². The second-order valence-electron chi connectivity index (χ2n) is 4.77. The molecule has 2 aromatic rings. The SMILES string of the molecule is CN(Cc1cccc(C(=O)O)c1)Cc1ccccc1F. The lowest BCUT2D eigenvalue weighted by molar-refractivity contribution is 0.0696. The Hall–Kier alpha value is -2.20. The summed E-state index contributed by atoms with van der Waals surface area (Å²) < 4.78 is 13.6. The van der Waals surface area contributed by atoms with Crippen molar-refractivity contribution in [1.29, 1.82) is 0 Å². The number of carboxylic acid groups (broad SMARTS) is 1. The van der Waals surface area contributed by atoms with E-state index in [-0.39, 0.29) is 11.4 Å². The smallest absolute Gasteiger partial charge is 0.335 e. The minimum Gasteiger partial charge on any atom is -0.478 e. The molecule has 0 atom stereocenters. The minimum atomic E-state index is -0.941. The lowest BCUT2D eigenvalue weighted by Gasteiger charge is -2.17. The van der Waals surface area contributed by atoms with Gasteiger partial charge in [-0.15, -0.1) is 0 Å². The first kappa shape index (κ1) is 14.2. The van der Waals surface area contributed by atoms with E-state index < -0.39 is 5.97 Å². The first-order valence-corrected chi connectivity index (χ1v) is 6.30. The van der Waals surface area contributed by atoms with Gasteiger partial charge in [-0.05, 0) is 30.8 Å². The highest BCUT2D eigenvalue weighted by molar-refractivity contribution is 5.87. The molecule has 104 valence electrons. The fraction of sp³-hybridized carbons (Fsp3) is 0.188. The van der Waals surface area contributed by atoms with Crippen LogP contribution in [-0.2, 0) is 13.1 Å². The topological polar surface area (TPSA) is 40.5 Å². The van der Waals surface area contributed by atoms with E-state index in [4.69, 9.17) is 5.11 Å². The van der Waals surface area contributed by atoms with E-state index in [9.17, 15) is 9.18 Å². The van der Waals surface area contributed by atoms with E-state index in [0.29, 0.717) is 18.7 Å². The van der Waals surface area contributed by atoms with Crippen LogP contribution in [0.5, 0.6) is 0 Å². The molecule has 0 bridgehead atoms. The first-order chi connectivity index (χ1) is 9.56. The Labute approximate surface area is 117 Å². The number of halogens is 1. The van der Waals surface area contributed by atoms with Gasteiger partial charge in [0, 0.05) is 18.7 Å². The predicted molar refractivity (Wildman–Crippen MR) is 75.0 cm³/mol. The van der Waals surface area contributed by atoms with Crippen LogP contribution in [0.3, 0.4) is 0 Å². The number of hydrogen-bond donors (Lipinski definition) is 1. The van der Waals surface area contributed by atoms with Crippen LogP contribution in [0, 0.1) is 5.82 Å². The number of nitrogens with zero attached hydrogens (tertiary/aromatic N) is 1. The van der Waals surface area contributed by atoms with Crippen LogP contribution in [0.1, 0.15) is 21.5 Å². The minimum absolute atomic E-state index is 0.223. The lowest BCUT2D eigenvalue weighted by atomic mass is 10.1. The molecule has 0 aliphatic carbocycles. The summed E-state index contributed by atoms with van der Waals surface area (Å²) in [5, 5.41) is 8.95. The normalized spacial score (nSPS) is 10.8. The van der Waals surface area contributed by atoms with E-state index >= 15 is 0 Å². The Balaban J connectivity index is 2.05. The zero-order chi connectivity index (χ0) is 14.5. The van der Waals surface area contributed by atoms with E-state index in [1.807, 2.05) is 18.0 Å². The maximum atomic E-state index is 13.6. The Morgan fingerprint density at radius 1 is 1.15 bits per heavy atom. The van der Waals surface area contributed by atoms with Crippen molar-refractivity contribution in [3.63, 3.8) is 0 Å². The molecule has 0 spiro atoms. The van der Waals surface area contributed by atoms with E-state index in [2.05, 4.69) is 0 Å². The molecule has 0 aliphatic heterocycles. The average Bonchev–Trinajstić information content (AvgIpc) is 2.41. The van der Waals surface area contributed by atoms with Gasteiger partial charge >= 0.3 is 5.97 Å². The van der Waals surface area contributed by atoms with Crippen molar-refractivity contribution in [2.45, 2.75) is 13.1 Å². The quantitative estimate of drug-likeness (QED) is 0.909. The number of aromatic carboxylic acids is 1. The van der Waals surface area contributed by atoms with Crippen LogP contribution in [-0.4, -0.2) is 23.0 Å². The third kappa shape index (κ3) is 3.65. The molecule has 0 heterocycles. The summed E-state index contributed by atoms with van der Waals surface area (Å²) in [6.45, 7) is 1.04. The maximum absolute atomic E-state index is 13.6. The molecular weight excluding hydrogens is 257 g/mol. The molecule has 4 heteroatoms. The van der Waals surface area contributed by atoms with Crippen molar-refractivity contribution in [2.24, 2.45) is 0 Å². The lowest BCUT2D eigenvalue weighted by Crippen LogP contribution is -2.18. The highest BCUT2D eigenvalue weighted by atomic mass is 19.1. The van der Waals surface area contributed by atoms with Gasteiger partial charge in [0.05, 0.1) is 5.56 Å². The second-order valence-corrected chi connectivity index (χ2v) is 4.77. The Bertz CT molecular complexity index is 613. The summed E-state index contributed by atoms with van der Waals surface area (Å²) >= 11 is 0. The van der Waals surface area contributed by atoms with Crippen molar-refractivity contribution >= 4 is 5.97 Å². The van der Waals surface area contributed by atoms with Gasteiger partial charge in [0.1, 0.15) is 5.82 Å². The van der Waals surface area contributed by atoms with E-state index in [0.717, 1.165) is 5.56 Å². The molecule has 0 aromatic heterocycles. The summed E-state index contributed by atoms with van der Waals surface area (Å²) in [5.74, 6) is -1.16. The molecule has 0 aliphatic rings. The molecule has 0 amide bonds. The summed E-state index contributed by atoms with van der Waals surface area (Å²) in [6.07, 6.45) is 0. The fourth-order valence-electron chi connectivity index (χ4n) is 2.09. The summed E-state index contributed by atoms with van der Waals surface area (Å²) in [7, 11) is 1.87. The van der Waals surface area contributed by atoms with Crippen molar-refractivity contribution in [2.75, 3.05) is 7.05 Å². The Kier molecular flexibility index (Phi) is 4.48. The van der Waals surface area contributed by atoms with Gasteiger partial charge < -0.3 is 5.11 Å². The summed E-state index contributed by atoms with van der Waals surface area (Å²) in [5.41, 5.74) is 1.79. The zero-order valence-corrected chi connectivity index (χ0v) is 11.2. The standard InChI is InChI=1S/C16H16FNO2/c1-18(11-14-6-2-3-8-15(14)17)10-12-5-4-7-13(9-12)16(19)20/h2-9H,10-11H2,1H3,(H,19,20). The number of benzene rings is 2. The van der Waals surface area contributed by atoms with Gasteiger partial charge in [-0.1, -0.05) is 30.3 Å². The third-order valence-corrected chi connectivity index (χ3v) is 3.02. The van der Waals surface area contributed by atoms with Gasteiger partial charge in [-0.2, -0.15) is 0 Å². The van der Waals surface area contributed by atoms with Gasteiger partial charge in [-0.25, -0.2) is 9.18 Å². The molecule has 2 rings (SSSR count). The van der Waals surface area contributed by atoms with Gasteiger partial charge in [0.25, 0.3) is 0 Å². The highest BCUT2D eigenvalue weighted by Crippen LogP contribution is 2.12. The van der Waals surface area contributed by atoms with Gasteiger partial charge in [0.15, 0.2) is 0 Å². The molecule has 1 N–H and O–H groups in total. The average molecular weight is 273 g/mol. The number of carbonyl (C=O) groups is 1. The second kappa shape index (κ2) is 6.30. The van der Waals surface area contributed by atoms with E-state index in [1.54, 1.807) is 36.4 Å². The summed E-state index contributed by atoms with van der Waals surface area (Å²) in [6, 6.07) is 13.4. The molecule has 2 aromatic carbocycles. The third-order valence-electron chi connectivity index (χ3n) is 3.02. The van der Waals surface area contributed by atoms with Gasteiger partial charge in [0.2, 0.25) is 0 Å². The Morgan fingerprint density at radius 2 is 1.90 bits per heavy atom. The molecule has 3 nitrogen and oxygen atoms in total. The number of carboxylic acids is 1. The van der Waals surface area contributed by atoms with Crippen LogP contribution in [0.4, 0.5) is 4.39 Å². The largest absolute Gasteiger partial charge is 0.478 e. The predicted octanol–water partition coefficient (Wildman–Crippen LogP) is 3.16. The summed E-state index contributed by atoms with van der Waals surface area (Å²) in [4.78, 5) is 12.9. The molecule has 0 fully saturated rings. The fourth-order valence-corrected chi connectivity index (χ4v) is 2.09. The van der Waals surface area contributed by atoms with Crippen molar-refractivity contribution in [3.05, 3.63) is 71.0 Å². The van der Waals surface area contributed by atoms with Crippen LogP contribution in [0.25, 0.3) is 0 Å². The maximum Gasteiger partial charge on any atom is 0.335 e. The van der Waals surface area contributed by atoms with Crippen LogP contribution in [0.2, 0.25) is 0 Å². The molecular formula is C16H16FNO2. The number of rotatable bonds is 5. The molecule has 20 heavy (non-hydrogen) atoms. The van der Waals surface area contributed by atoms with Crippen molar-refractivity contribution in [3.8, 4) is 0 Å². The monoisotopic (exact) mass is 273 g/mol.